The third-order valence-electron chi connectivity index (χ3n) is 9.74. The summed E-state index contributed by atoms with van der Waals surface area (Å²) in [4.78, 5) is 31.4. The first-order valence-electron chi connectivity index (χ1n) is 15.8. The number of piperidine rings is 1. The molecule has 0 spiro atoms. The summed E-state index contributed by atoms with van der Waals surface area (Å²) in [5, 5.41) is 14.7. The highest BCUT2D eigenvalue weighted by atomic mass is 16.5. The van der Waals surface area contributed by atoms with Crippen molar-refractivity contribution < 1.29 is 19.4 Å². The summed E-state index contributed by atoms with van der Waals surface area (Å²) in [6.45, 7) is 9.23. The quantitative estimate of drug-likeness (QED) is 0.483. The maximum Gasteiger partial charge on any atom is 0.237 e. The highest BCUT2D eigenvalue weighted by Gasteiger charge is 2.44. The van der Waals surface area contributed by atoms with E-state index in [-0.39, 0.29) is 35.4 Å². The third-order valence-corrected chi connectivity index (χ3v) is 9.74. The van der Waals surface area contributed by atoms with E-state index in [4.69, 9.17) is 4.74 Å². The number of rotatable bonds is 9. The van der Waals surface area contributed by atoms with Crippen molar-refractivity contribution in [1.82, 2.24) is 15.1 Å². The molecule has 2 amide bonds. The molecule has 3 saturated heterocycles. The summed E-state index contributed by atoms with van der Waals surface area (Å²) in [5.74, 6) is 1.89. The van der Waals surface area contributed by atoms with Crippen LogP contribution in [0.25, 0.3) is 0 Å². The van der Waals surface area contributed by atoms with E-state index < -0.39 is 6.10 Å². The zero-order valence-electron chi connectivity index (χ0n) is 24.9. The summed E-state index contributed by atoms with van der Waals surface area (Å²) in [7, 11) is 0. The van der Waals surface area contributed by atoms with E-state index in [2.05, 4.69) is 34.5 Å². The molecule has 3 heterocycles. The second-order valence-electron chi connectivity index (χ2n) is 14.1. The van der Waals surface area contributed by atoms with Crippen molar-refractivity contribution in [3.8, 4) is 0 Å². The van der Waals surface area contributed by atoms with E-state index in [1.165, 1.54) is 31.2 Å². The molecule has 0 aromatic heterocycles. The summed E-state index contributed by atoms with van der Waals surface area (Å²) < 4.78 is 5.60. The maximum atomic E-state index is 13.7. The molecule has 4 fully saturated rings. The lowest BCUT2D eigenvalue weighted by Crippen LogP contribution is -2.59. The van der Waals surface area contributed by atoms with E-state index in [0.29, 0.717) is 30.8 Å². The van der Waals surface area contributed by atoms with Crippen LogP contribution in [0, 0.1) is 23.7 Å². The standard InChI is InChI=1S/C33H51N3O4/c1-33(2,3)34-31(38)30-18-25-11-7-8-12-26(25)19-35(30)20-29(37)21-36-28(16-23-9-5-4-6-10-23)17-27(32(36)39)15-24-13-14-40-22-24/h4-6,9-10,24-30,37H,7-8,11-22H2,1-3H3,(H,34,38)/t24?,25-,26+,27?,28?,29?,30?/m0/s1. The first kappa shape index (κ1) is 29.5. The lowest BCUT2D eigenvalue weighted by atomic mass is 9.72. The highest BCUT2D eigenvalue weighted by Crippen LogP contribution is 2.39. The normalized spacial score (nSPS) is 32.2. The van der Waals surface area contributed by atoms with Crippen LogP contribution in [0.1, 0.15) is 77.7 Å². The van der Waals surface area contributed by atoms with E-state index in [1.807, 2.05) is 31.7 Å². The van der Waals surface area contributed by atoms with Gasteiger partial charge in [0.15, 0.2) is 0 Å². The Bertz CT molecular complexity index is 989. The van der Waals surface area contributed by atoms with Gasteiger partial charge in [-0.25, -0.2) is 0 Å². The Hall–Kier alpha value is -1.96. The number of likely N-dealkylation sites (tertiary alicyclic amines) is 2. The SMILES string of the molecule is CC(C)(C)NC(=O)C1C[C@@H]2CCCC[C@@H]2CN1CC(O)CN1C(=O)C(CC2CCOC2)CC1Cc1ccccc1. The molecule has 2 N–H and O–H groups in total. The van der Waals surface area contributed by atoms with Crippen molar-refractivity contribution in [3.63, 3.8) is 0 Å². The number of aliphatic hydroxyl groups excluding tert-OH is 1. The average Bonchev–Trinajstić information content (AvgIpc) is 3.52. The summed E-state index contributed by atoms with van der Waals surface area (Å²) in [5.41, 5.74) is 0.930. The van der Waals surface area contributed by atoms with Gasteiger partial charge in [0.2, 0.25) is 11.8 Å². The van der Waals surface area contributed by atoms with E-state index in [1.54, 1.807) is 0 Å². The van der Waals surface area contributed by atoms with Gasteiger partial charge >= 0.3 is 0 Å². The minimum atomic E-state index is -0.694. The van der Waals surface area contributed by atoms with Crippen LogP contribution < -0.4 is 5.32 Å². The molecule has 5 unspecified atom stereocenters. The summed E-state index contributed by atoms with van der Waals surface area (Å²) in [6.07, 6.45) is 8.65. The largest absolute Gasteiger partial charge is 0.390 e. The minimum absolute atomic E-state index is 0.00379. The number of hydrogen-bond acceptors (Lipinski definition) is 5. The van der Waals surface area contributed by atoms with Crippen molar-refractivity contribution >= 4 is 11.8 Å². The molecule has 222 valence electrons. The molecule has 1 saturated carbocycles. The summed E-state index contributed by atoms with van der Waals surface area (Å²) in [6, 6.07) is 10.2. The lowest BCUT2D eigenvalue weighted by Gasteiger charge is -2.46. The van der Waals surface area contributed by atoms with Gasteiger partial charge in [0.05, 0.1) is 12.1 Å². The topological polar surface area (TPSA) is 82.1 Å². The van der Waals surface area contributed by atoms with Crippen LogP contribution in [-0.2, 0) is 20.7 Å². The number of nitrogens with one attached hydrogen (secondary N) is 1. The number of ether oxygens (including phenoxy) is 1. The zero-order valence-corrected chi connectivity index (χ0v) is 24.9. The van der Waals surface area contributed by atoms with Crippen LogP contribution in [0.5, 0.6) is 0 Å². The van der Waals surface area contributed by atoms with Crippen LogP contribution >= 0.6 is 0 Å². The molecule has 1 aliphatic carbocycles. The van der Waals surface area contributed by atoms with Gasteiger partial charge in [0, 0.05) is 50.3 Å². The number of hydrogen-bond donors (Lipinski definition) is 2. The van der Waals surface area contributed by atoms with Crippen molar-refractivity contribution in [2.45, 2.75) is 102 Å². The Labute approximate surface area is 241 Å². The second kappa shape index (κ2) is 12.9. The monoisotopic (exact) mass is 553 g/mol. The van der Waals surface area contributed by atoms with E-state index in [9.17, 15) is 14.7 Å². The number of fused-ring (bicyclic) bond motifs is 1. The fraction of sp³-hybridized carbons (Fsp3) is 0.758. The van der Waals surface area contributed by atoms with Crippen molar-refractivity contribution in [2.24, 2.45) is 23.7 Å². The molecule has 1 aromatic rings. The number of carbonyl (C=O) groups is 2. The summed E-state index contributed by atoms with van der Waals surface area (Å²) >= 11 is 0. The van der Waals surface area contributed by atoms with Crippen molar-refractivity contribution in [1.29, 1.82) is 0 Å². The Morgan fingerprint density at radius 3 is 2.52 bits per heavy atom. The fourth-order valence-corrected chi connectivity index (χ4v) is 7.84. The Balaban J connectivity index is 1.28. The first-order chi connectivity index (χ1) is 19.2. The number of β-amino-alcohol motifs (C(OH)–C–C–N with tert-alkyl or cyclic N) is 1. The van der Waals surface area contributed by atoms with Crippen LogP contribution in [0.2, 0.25) is 0 Å². The van der Waals surface area contributed by atoms with Gasteiger partial charge in [-0.05, 0) is 82.6 Å². The molecule has 7 nitrogen and oxygen atoms in total. The molecule has 0 bridgehead atoms. The Morgan fingerprint density at radius 1 is 1.07 bits per heavy atom. The van der Waals surface area contributed by atoms with Gasteiger partial charge in [0.25, 0.3) is 0 Å². The van der Waals surface area contributed by atoms with E-state index in [0.717, 1.165) is 51.9 Å². The van der Waals surface area contributed by atoms with Crippen LogP contribution in [-0.4, -0.2) is 83.3 Å². The van der Waals surface area contributed by atoms with Gasteiger partial charge in [-0.15, -0.1) is 0 Å². The fourth-order valence-electron chi connectivity index (χ4n) is 7.84. The molecule has 5 rings (SSSR count). The van der Waals surface area contributed by atoms with Crippen LogP contribution in [0.15, 0.2) is 30.3 Å². The number of benzene rings is 1. The number of carbonyl (C=O) groups excluding carboxylic acids is 2. The predicted octanol–water partition coefficient (Wildman–Crippen LogP) is 4.03. The van der Waals surface area contributed by atoms with Gasteiger partial charge in [-0.3, -0.25) is 14.5 Å². The Morgan fingerprint density at radius 2 is 1.82 bits per heavy atom. The van der Waals surface area contributed by atoms with Crippen LogP contribution in [0.4, 0.5) is 0 Å². The highest BCUT2D eigenvalue weighted by molar-refractivity contribution is 5.83. The molecule has 4 aliphatic rings. The molecule has 0 radical (unpaired) electrons. The molecule has 7 atom stereocenters. The minimum Gasteiger partial charge on any atom is -0.390 e. The van der Waals surface area contributed by atoms with Gasteiger partial charge in [0.1, 0.15) is 0 Å². The Kier molecular flexibility index (Phi) is 9.53. The maximum absolute atomic E-state index is 13.7. The molecular weight excluding hydrogens is 502 g/mol. The smallest absolute Gasteiger partial charge is 0.237 e. The predicted molar refractivity (Wildman–Crippen MR) is 157 cm³/mol. The second-order valence-corrected chi connectivity index (χ2v) is 14.1. The molecule has 7 heteroatoms. The van der Waals surface area contributed by atoms with Crippen LogP contribution in [0.3, 0.4) is 0 Å². The number of amides is 2. The van der Waals surface area contributed by atoms with E-state index >= 15 is 0 Å². The molecule has 40 heavy (non-hydrogen) atoms. The first-order valence-corrected chi connectivity index (χ1v) is 15.8. The number of nitrogens with zero attached hydrogens (tertiary/aromatic N) is 2. The van der Waals surface area contributed by atoms with Gasteiger partial charge < -0.3 is 20.1 Å². The van der Waals surface area contributed by atoms with Gasteiger partial charge in [-0.1, -0.05) is 49.6 Å². The molecule has 3 aliphatic heterocycles. The molecule has 1 aromatic carbocycles. The van der Waals surface area contributed by atoms with Crippen molar-refractivity contribution in [2.75, 3.05) is 32.8 Å². The third kappa shape index (κ3) is 7.46. The zero-order chi connectivity index (χ0) is 28.3. The number of aliphatic hydroxyl groups is 1. The van der Waals surface area contributed by atoms with Gasteiger partial charge in [-0.2, -0.15) is 0 Å². The van der Waals surface area contributed by atoms with Crippen molar-refractivity contribution in [3.05, 3.63) is 35.9 Å². The lowest BCUT2D eigenvalue weighted by molar-refractivity contribution is -0.136. The molecular formula is C33H51N3O4. The average molecular weight is 554 g/mol.